The summed E-state index contributed by atoms with van der Waals surface area (Å²) >= 11 is 13.7. The average Bonchev–Trinajstić information content (AvgIpc) is 3.47. The fourth-order valence-corrected chi connectivity index (χ4v) is 4.58. The van der Waals surface area contributed by atoms with Gasteiger partial charge in [-0.2, -0.15) is 0 Å². The zero-order chi connectivity index (χ0) is 22.7. The van der Waals surface area contributed by atoms with Crippen LogP contribution in [0.2, 0.25) is 10.0 Å². The molecule has 1 aliphatic rings. The number of nitrogens with zero attached hydrogens (tertiary/aromatic N) is 1. The Hall–Kier alpha value is -2.74. The smallest absolute Gasteiger partial charge is 0.265 e. The largest absolute Gasteiger partial charge is 0.495 e. The lowest BCUT2D eigenvalue weighted by Gasteiger charge is -2.22. The molecule has 1 aliphatic heterocycles. The topological polar surface area (TPSA) is 70.7 Å². The van der Waals surface area contributed by atoms with Gasteiger partial charge in [-0.05, 0) is 54.3 Å². The summed E-state index contributed by atoms with van der Waals surface area (Å²) in [5, 5.41) is 8.66. The van der Waals surface area contributed by atoms with Crippen molar-refractivity contribution < 1.29 is 14.3 Å². The second kappa shape index (κ2) is 9.81. The van der Waals surface area contributed by atoms with Gasteiger partial charge in [0.15, 0.2) is 0 Å². The molecule has 1 saturated heterocycles. The summed E-state index contributed by atoms with van der Waals surface area (Å²) < 4.78 is 5.45. The van der Waals surface area contributed by atoms with Crippen molar-refractivity contribution in [3.8, 4) is 5.75 Å². The highest BCUT2D eigenvalue weighted by Crippen LogP contribution is 2.33. The maximum atomic E-state index is 12.9. The first-order chi connectivity index (χ1) is 15.4. The third kappa shape index (κ3) is 5.01. The Morgan fingerprint density at radius 2 is 1.97 bits per heavy atom. The molecule has 2 heterocycles. The van der Waals surface area contributed by atoms with Crippen molar-refractivity contribution in [2.45, 2.75) is 12.5 Å². The van der Waals surface area contributed by atoms with Gasteiger partial charge in [-0.15, -0.1) is 11.3 Å². The first-order valence-corrected chi connectivity index (χ1v) is 11.6. The lowest BCUT2D eigenvalue weighted by atomic mass is 10.1. The van der Waals surface area contributed by atoms with Gasteiger partial charge < -0.3 is 20.3 Å². The minimum absolute atomic E-state index is 0.0361. The Kier molecular flexibility index (Phi) is 6.89. The van der Waals surface area contributed by atoms with Crippen LogP contribution in [0.3, 0.4) is 0 Å². The van der Waals surface area contributed by atoms with E-state index in [9.17, 15) is 9.59 Å². The van der Waals surface area contributed by atoms with E-state index >= 15 is 0 Å². The van der Waals surface area contributed by atoms with E-state index in [-0.39, 0.29) is 17.9 Å². The van der Waals surface area contributed by atoms with Crippen LogP contribution in [0, 0.1) is 0 Å². The molecule has 1 atom stereocenters. The Labute approximate surface area is 200 Å². The van der Waals surface area contributed by atoms with Crippen molar-refractivity contribution in [1.82, 2.24) is 5.32 Å². The normalized spacial score (nSPS) is 15.5. The van der Waals surface area contributed by atoms with E-state index in [0.717, 1.165) is 24.4 Å². The average molecular weight is 490 g/mol. The number of nitrogens with one attached hydrogen (secondary N) is 2. The molecule has 166 valence electrons. The van der Waals surface area contributed by atoms with E-state index in [0.29, 0.717) is 32.7 Å². The lowest BCUT2D eigenvalue weighted by molar-refractivity contribution is 0.0939. The van der Waals surface area contributed by atoms with E-state index in [1.807, 2.05) is 17.5 Å². The summed E-state index contributed by atoms with van der Waals surface area (Å²) in [6.07, 6.45) is 0.789. The van der Waals surface area contributed by atoms with Gasteiger partial charge in [-0.25, -0.2) is 0 Å². The zero-order valence-electron chi connectivity index (χ0n) is 17.2. The molecule has 0 saturated carbocycles. The first kappa shape index (κ1) is 22.5. The van der Waals surface area contributed by atoms with Crippen molar-refractivity contribution in [3.63, 3.8) is 0 Å². The maximum Gasteiger partial charge on any atom is 0.265 e. The number of amides is 2. The summed E-state index contributed by atoms with van der Waals surface area (Å²) in [6.45, 7) is 1.41. The predicted octanol–water partition coefficient (Wildman–Crippen LogP) is 5.32. The SMILES string of the molecule is COc1ccc(Cl)cc1N1CC[C@@H](NC(=O)c2ccc(Cl)c(NC(=O)c3cccs3)c2)C1. The molecule has 2 amide bonds. The van der Waals surface area contributed by atoms with E-state index < -0.39 is 0 Å². The van der Waals surface area contributed by atoms with Gasteiger partial charge in [-0.3, -0.25) is 9.59 Å². The van der Waals surface area contributed by atoms with Gasteiger partial charge in [-0.1, -0.05) is 29.3 Å². The van der Waals surface area contributed by atoms with Gasteiger partial charge in [0.2, 0.25) is 0 Å². The van der Waals surface area contributed by atoms with Gasteiger partial charge in [0.1, 0.15) is 5.75 Å². The predicted molar refractivity (Wildman–Crippen MR) is 130 cm³/mol. The van der Waals surface area contributed by atoms with Crippen LogP contribution in [0.5, 0.6) is 5.75 Å². The van der Waals surface area contributed by atoms with Crippen LogP contribution in [0.4, 0.5) is 11.4 Å². The van der Waals surface area contributed by atoms with Crippen LogP contribution in [-0.2, 0) is 0 Å². The Morgan fingerprint density at radius 3 is 2.72 bits per heavy atom. The molecular formula is C23H21Cl2N3O3S. The number of anilines is 2. The van der Waals surface area contributed by atoms with Crippen molar-refractivity contribution in [1.29, 1.82) is 0 Å². The molecule has 9 heteroatoms. The van der Waals surface area contributed by atoms with Gasteiger partial charge in [0, 0.05) is 29.7 Å². The summed E-state index contributed by atoms with van der Waals surface area (Å²) in [5.41, 5.74) is 1.73. The molecule has 0 bridgehead atoms. The second-order valence-corrected chi connectivity index (χ2v) is 9.14. The molecule has 1 fully saturated rings. The molecule has 0 spiro atoms. The van der Waals surface area contributed by atoms with Crippen LogP contribution in [0.25, 0.3) is 0 Å². The molecular weight excluding hydrogens is 469 g/mol. The van der Waals surface area contributed by atoms with E-state index in [1.54, 1.807) is 43.5 Å². The number of rotatable bonds is 6. The molecule has 4 rings (SSSR count). The van der Waals surface area contributed by atoms with Crippen LogP contribution >= 0.6 is 34.5 Å². The number of methoxy groups -OCH3 is 1. The Bertz CT molecular complexity index is 1140. The number of hydrogen-bond donors (Lipinski definition) is 2. The molecule has 0 aliphatic carbocycles. The van der Waals surface area contributed by atoms with E-state index in [4.69, 9.17) is 27.9 Å². The number of carbonyl (C=O) groups is 2. The summed E-state index contributed by atoms with van der Waals surface area (Å²) in [5.74, 6) is 0.254. The minimum Gasteiger partial charge on any atom is -0.495 e. The summed E-state index contributed by atoms with van der Waals surface area (Å²) in [4.78, 5) is 27.9. The molecule has 3 aromatic rings. The number of thiophene rings is 1. The minimum atomic E-state index is -0.263. The molecule has 0 unspecified atom stereocenters. The lowest BCUT2D eigenvalue weighted by Crippen LogP contribution is -2.37. The standard InChI is InChI=1S/C23H21Cl2N3O3S/c1-31-20-7-5-15(24)12-19(20)28-9-8-16(13-28)26-22(29)14-4-6-17(25)18(11-14)27-23(30)21-3-2-10-32-21/h2-7,10-12,16H,8-9,13H2,1H3,(H,26,29)(H,27,30)/t16-/m1/s1. The first-order valence-electron chi connectivity index (χ1n) is 9.98. The summed E-state index contributed by atoms with van der Waals surface area (Å²) in [7, 11) is 1.62. The van der Waals surface area contributed by atoms with Crippen LogP contribution in [-0.4, -0.2) is 38.1 Å². The highest BCUT2D eigenvalue weighted by molar-refractivity contribution is 7.12. The third-order valence-electron chi connectivity index (χ3n) is 5.23. The fraction of sp³-hybridized carbons (Fsp3) is 0.217. The second-order valence-electron chi connectivity index (χ2n) is 7.35. The molecule has 0 radical (unpaired) electrons. The van der Waals surface area contributed by atoms with Crippen molar-refractivity contribution in [2.75, 3.05) is 30.4 Å². The zero-order valence-corrected chi connectivity index (χ0v) is 19.6. The van der Waals surface area contributed by atoms with Gasteiger partial charge in [0.05, 0.1) is 28.4 Å². The van der Waals surface area contributed by atoms with E-state index in [2.05, 4.69) is 15.5 Å². The van der Waals surface area contributed by atoms with Gasteiger partial charge >= 0.3 is 0 Å². The van der Waals surface area contributed by atoms with Crippen LogP contribution in [0.1, 0.15) is 26.5 Å². The van der Waals surface area contributed by atoms with Crippen molar-refractivity contribution >= 4 is 57.7 Å². The van der Waals surface area contributed by atoms with Crippen LogP contribution < -0.4 is 20.3 Å². The highest BCUT2D eigenvalue weighted by Gasteiger charge is 2.26. The van der Waals surface area contributed by atoms with Gasteiger partial charge in [0.25, 0.3) is 11.8 Å². The quantitative estimate of drug-likeness (QED) is 0.491. The molecule has 1 aromatic heterocycles. The Balaban J connectivity index is 1.42. The fourth-order valence-electron chi connectivity index (χ4n) is 3.63. The maximum absolute atomic E-state index is 12.9. The van der Waals surface area contributed by atoms with E-state index in [1.165, 1.54) is 11.3 Å². The van der Waals surface area contributed by atoms with Crippen LogP contribution in [0.15, 0.2) is 53.9 Å². The molecule has 32 heavy (non-hydrogen) atoms. The molecule has 2 N–H and O–H groups in total. The monoisotopic (exact) mass is 489 g/mol. The van der Waals surface area contributed by atoms with Crippen molar-refractivity contribution in [3.05, 3.63) is 74.4 Å². The number of halogens is 2. The third-order valence-corrected chi connectivity index (χ3v) is 6.66. The number of benzene rings is 2. The molecule has 2 aromatic carbocycles. The number of ether oxygens (including phenoxy) is 1. The highest BCUT2D eigenvalue weighted by atomic mass is 35.5. The molecule has 6 nitrogen and oxygen atoms in total. The summed E-state index contributed by atoms with van der Waals surface area (Å²) in [6, 6.07) is 13.8. The number of carbonyl (C=O) groups excluding carboxylic acids is 2. The number of hydrogen-bond acceptors (Lipinski definition) is 5. The Morgan fingerprint density at radius 1 is 1.12 bits per heavy atom. The van der Waals surface area contributed by atoms with Crippen molar-refractivity contribution in [2.24, 2.45) is 0 Å².